The maximum Gasteiger partial charge on any atom is 0.247 e. The Morgan fingerprint density at radius 1 is 1.48 bits per heavy atom. The van der Waals surface area contributed by atoms with Gasteiger partial charge in [0.2, 0.25) is 20.0 Å². The number of hydrogen-bond donors (Lipinski definition) is 2. The molecule has 1 aliphatic heterocycles. The minimum Gasteiger partial charge on any atom is -0.385 e. The summed E-state index contributed by atoms with van der Waals surface area (Å²) in [6, 6.07) is 0.918. The van der Waals surface area contributed by atoms with Crippen molar-refractivity contribution < 1.29 is 21.6 Å². The van der Waals surface area contributed by atoms with Gasteiger partial charge in [-0.1, -0.05) is 13.8 Å². The lowest BCUT2D eigenvalue weighted by atomic mass is 10.1. The molecule has 0 amide bonds. The van der Waals surface area contributed by atoms with Gasteiger partial charge in [-0.15, -0.1) is 11.3 Å². The largest absolute Gasteiger partial charge is 0.385 e. The van der Waals surface area contributed by atoms with Crippen molar-refractivity contribution in [2.45, 2.75) is 35.4 Å². The maximum absolute atomic E-state index is 12.9. The molecule has 0 saturated carbocycles. The second-order valence-electron chi connectivity index (χ2n) is 6.40. The van der Waals surface area contributed by atoms with Crippen LogP contribution in [0.3, 0.4) is 0 Å². The molecule has 8 nitrogen and oxygen atoms in total. The molecule has 11 heteroatoms. The van der Waals surface area contributed by atoms with Crippen molar-refractivity contribution in [2.75, 3.05) is 33.4 Å². The molecule has 0 aliphatic carbocycles. The zero-order valence-electron chi connectivity index (χ0n) is 14.6. The summed E-state index contributed by atoms with van der Waals surface area (Å²) in [4.78, 5) is 0.541. The highest BCUT2D eigenvalue weighted by atomic mass is 32.2. The van der Waals surface area contributed by atoms with Gasteiger partial charge in [0, 0.05) is 31.7 Å². The van der Waals surface area contributed by atoms with Crippen LogP contribution < -0.4 is 10.5 Å². The Labute approximate surface area is 153 Å². The Balaban J connectivity index is 2.41. The minimum atomic E-state index is -3.95. The van der Waals surface area contributed by atoms with Gasteiger partial charge in [0.25, 0.3) is 0 Å². The average molecular weight is 412 g/mol. The van der Waals surface area contributed by atoms with Gasteiger partial charge in [-0.25, -0.2) is 22.0 Å². The fourth-order valence-electron chi connectivity index (χ4n) is 2.61. The van der Waals surface area contributed by atoms with Crippen LogP contribution in [0.4, 0.5) is 0 Å². The molecular weight excluding hydrogens is 386 g/mol. The SMILES string of the molecule is COCCCN1C[C@@H](NCC(C)C)c2sc(S(N)(=O)=O)cc2S1(=O)=O. The number of nitrogens with two attached hydrogens (primary N) is 1. The van der Waals surface area contributed by atoms with Crippen molar-refractivity contribution >= 4 is 31.4 Å². The van der Waals surface area contributed by atoms with Gasteiger partial charge in [-0.05, 0) is 24.9 Å². The first kappa shape index (κ1) is 20.7. The third-order valence-corrected chi connectivity index (χ3v) is 8.54. The molecule has 1 aromatic heterocycles. The summed E-state index contributed by atoms with van der Waals surface area (Å²) in [5.74, 6) is 0.376. The number of rotatable bonds is 8. The Morgan fingerprint density at radius 3 is 2.72 bits per heavy atom. The Morgan fingerprint density at radius 2 is 2.16 bits per heavy atom. The van der Waals surface area contributed by atoms with E-state index < -0.39 is 20.0 Å². The molecule has 0 bridgehead atoms. The second-order valence-corrected chi connectivity index (χ2v) is 11.2. The van der Waals surface area contributed by atoms with Crippen molar-refractivity contribution in [1.82, 2.24) is 9.62 Å². The van der Waals surface area contributed by atoms with Crippen LogP contribution in [0.5, 0.6) is 0 Å². The standard InChI is InChI=1S/C14H25N3O5S3/c1-10(2)8-16-11-9-17(5-4-6-22-3)25(20,21)12-7-13(23-14(11)12)24(15,18)19/h7,10-11,16H,4-6,8-9H2,1-3H3,(H2,15,18,19)/t11-/m1/s1. The summed E-state index contributed by atoms with van der Waals surface area (Å²) >= 11 is 0.929. The van der Waals surface area contributed by atoms with Gasteiger partial charge >= 0.3 is 0 Å². The van der Waals surface area contributed by atoms with Crippen LogP contribution in [0.25, 0.3) is 0 Å². The number of fused-ring (bicyclic) bond motifs is 1. The average Bonchev–Trinajstić information content (AvgIpc) is 2.95. The van der Waals surface area contributed by atoms with Crippen molar-refractivity contribution in [3.05, 3.63) is 10.9 Å². The van der Waals surface area contributed by atoms with Crippen LogP contribution in [0, 0.1) is 5.92 Å². The van der Waals surface area contributed by atoms with Crippen molar-refractivity contribution in [2.24, 2.45) is 11.1 Å². The van der Waals surface area contributed by atoms with Gasteiger partial charge in [0.05, 0.1) is 10.9 Å². The normalized spacial score (nSPS) is 20.8. The molecule has 0 unspecified atom stereocenters. The predicted molar refractivity (Wildman–Crippen MR) is 96.5 cm³/mol. The van der Waals surface area contributed by atoms with Crippen LogP contribution in [-0.2, 0) is 24.8 Å². The topological polar surface area (TPSA) is 119 Å². The lowest BCUT2D eigenvalue weighted by molar-refractivity contribution is 0.185. The summed E-state index contributed by atoms with van der Waals surface area (Å²) in [5, 5.41) is 8.53. The number of sulfonamides is 2. The van der Waals surface area contributed by atoms with Crippen LogP contribution in [0.1, 0.15) is 31.2 Å². The minimum absolute atomic E-state index is 0.0337. The predicted octanol–water partition coefficient (Wildman–Crippen LogP) is 0.723. The highest BCUT2D eigenvalue weighted by Gasteiger charge is 2.39. The molecule has 0 aromatic carbocycles. The first-order valence-corrected chi connectivity index (χ1v) is 11.8. The smallest absolute Gasteiger partial charge is 0.247 e. The van der Waals surface area contributed by atoms with E-state index in [0.717, 1.165) is 11.3 Å². The van der Waals surface area contributed by atoms with E-state index in [1.807, 2.05) is 13.8 Å². The molecule has 0 saturated heterocycles. The quantitative estimate of drug-likeness (QED) is 0.609. The van der Waals surface area contributed by atoms with E-state index in [1.54, 1.807) is 7.11 Å². The molecule has 1 aliphatic rings. The number of thiophene rings is 1. The summed E-state index contributed by atoms with van der Waals surface area (Å²) in [5.41, 5.74) is 0. The highest BCUT2D eigenvalue weighted by Crippen LogP contribution is 2.39. The summed E-state index contributed by atoms with van der Waals surface area (Å²) in [6.45, 7) is 5.82. The third-order valence-electron chi connectivity index (χ3n) is 3.83. The molecule has 144 valence electrons. The lowest BCUT2D eigenvalue weighted by Gasteiger charge is -2.33. The van der Waals surface area contributed by atoms with E-state index in [1.165, 1.54) is 10.4 Å². The number of ether oxygens (including phenoxy) is 1. The Kier molecular flexibility index (Phi) is 6.63. The van der Waals surface area contributed by atoms with E-state index >= 15 is 0 Å². The third kappa shape index (κ3) is 4.79. The van der Waals surface area contributed by atoms with Gasteiger partial charge in [-0.2, -0.15) is 4.31 Å². The number of hydrogen-bond acceptors (Lipinski definition) is 7. The number of nitrogens with one attached hydrogen (secondary N) is 1. The van der Waals surface area contributed by atoms with Gasteiger partial charge < -0.3 is 10.1 Å². The molecule has 25 heavy (non-hydrogen) atoms. The Bertz CT molecular complexity index is 802. The summed E-state index contributed by atoms with van der Waals surface area (Å²) in [6.07, 6.45) is 0.564. The number of nitrogens with zero attached hydrogens (tertiary/aromatic N) is 1. The van der Waals surface area contributed by atoms with Crippen molar-refractivity contribution in [3.63, 3.8) is 0 Å². The monoisotopic (exact) mass is 411 g/mol. The first-order valence-electron chi connectivity index (χ1n) is 7.96. The van der Waals surface area contributed by atoms with Crippen LogP contribution in [-0.4, -0.2) is 54.5 Å². The molecule has 0 radical (unpaired) electrons. The molecular formula is C14H25N3O5S3. The van der Waals surface area contributed by atoms with Gasteiger partial charge in [-0.3, -0.25) is 0 Å². The number of methoxy groups -OCH3 is 1. The van der Waals surface area contributed by atoms with Crippen LogP contribution in [0.15, 0.2) is 15.2 Å². The van der Waals surface area contributed by atoms with Crippen molar-refractivity contribution in [3.8, 4) is 0 Å². The second kappa shape index (κ2) is 7.99. The Hall–Kier alpha value is -0.560. The van der Waals surface area contributed by atoms with Gasteiger partial charge in [0.1, 0.15) is 4.21 Å². The summed E-state index contributed by atoms with van der Waals surface area (Å²) < 4.78 is 55.3. The molecule has 0 fully saturated rings. The molecule has 2 heterocycles. The fourth-order valence-corrected chi connectivity index (χ4v) is 6.72. The lowest BCUT2D eigenvalue weighted by Crippen LogP contribution is -2.44. The van der Waals surface area contributed by atoms with Crippen LogP contribution >= 0.6 is 11.3 Å². The molecule has 1 atom stereocenters. The van der Waals surface area contributed by atoms with Crippen LogP contribution in [0.2, 0.25) is 0 Å². The van der Waals surface area contributed by atoms with E-state index in [0.29, 0.717) is 36.9 Å². The highest BCUT2D eigenvalue weighted by molar-refractivity contribution is 7.92. The van der Waals surface area contributed by atoms with Gasteiger partial charge in [0.15, 0.2) is 0 Å². The fraction of sp³-hybridized carbons (Fsp3) is 0.714. The molecule has 0 spiro atoms. The van der Waals surface area contributed by atoms with Crippen molar-refractivity contribution in [1.29, 1.82) is 0 Å². The maximum atomic E-state index is 12.9. The summed E-state index contributed by atoms with van der Waals surface area (Å²) in [7, 11) is -6.14. The van der Waals surface area contributed by atoms with E-state index in [-0.39, 0.29) is 21.7 Å². The van der Waals surface area contributed by atoms with E-state index in [2.05, 4.69) is 5.32 Å². The molecule has 3 N–H and O–H groups in total. The van der Waals surface area contributed by atoms with E-state index in [9.17, 15) is 16.8 Å². The zero-order valence-corrected chi connectivity index (χ0v) is 17.0. The molecule has 1 aromatic rings. The number of primary sulfonamides is 1. The van der Waals surface area contributed by atoms with E-state index in [4.69, 9.17) is 9.88 Å². The molecule has 2 rings (SSSR count). The first-order chi connectivity index (χ1) is 11.6. The zero-order chi connectivity index (χ0) is 18.8.